The van der Waals surface area contributed by atoms with Crippen LogP contribution in [-0.4, -0.2) is 36.7 Å². The quantitative estimate of drug-likeness (QED) is 0.683. The number of aliphatic hydroxyl groups excluding tert-OH is 1. The number of nitrogens with one attached hydrogen (secondary N) is 1. The Morgan fingerprint density at radius 2 is 1.85 bits per heavy atom. The minimum atomic E-state index is -0.482. The van der Waals surface area contributed by atoms with Gasteiger partial charge in [0.1, 0.15) is 0 Å². The van der Waals surface area contributed by atoms with Crippen LogP contribution in [-0.2, 0) is 4.74 Å². The van der Waals surface area contributed by atoms with Gasteiger partial charge in [-0.1, -0.05) is 13.8 Å². The van der Waals surface area contributed by atoms with Gasteiger partial charge in [-0.3, -0.25) is 0 Å². The second-order valence-electron chi connectivity index (χ2n) is 5.54. The lowest BCUT2D eigenvalue weighted by atomic mass is 10.1. The van der Waals surface area contributed by atoms with Crippen molar-refractivity contribution in [1.29, 1.82) is 0 Å². The first-order valence-corrected chi connectivity index (χ1v) is 8.41. The molecule has 0 saturated carbocycles. The Morgan fingerprint density at radius 3 is 2.40 bits per heavy atom. The van der Waals surface area contributed by atoms with E-state index in [-0.39, 0.29) is 6.10 Å². The van der Waals surface area contributed by atoms with Crippen molar-refractivity contribution in [2.75, 3.05) is 24.7 Å². The molecule has 1 aromatic rings. The predicted molar refractivity (Wildman–Crippen MR) is 87.6 cm³/mol. The molecule has 0 bridgehead atoms. The van der Waals surface area contributed by atoms with Gasteiger partial charge >= 0.3 is 0 Å². The van der Waals surface area contributed by atoms with Crippen LogP contribution in [0.3, 0.4) is 0 Å². The molecule has 0 aliphatic heterocycles. The minimum absolute atomic E-state index is 0.200. The van der Waals surface area contributed by atoms with Crippen molar-refractivity contribution in [3.8, 4) is 0 Å². The first kappa shape index (κ1) is 17.3. The maximum absolute atomic E-state index is 9.90. The fraction of sp³-hybridized carbons (Fsp3) is 0.625. The summed E-state index contributed by atoms with van der Waals surface area (Å²) in [7, 11) is 0. The van der Waals surface area contributed by atoms with Crippen molar-refractivity contribution >= 4 is 17.4 Å². The van der Waals surface area contributed by atoms with E-state index in [1.165, 1.54) is 4.90 Å². The van der Waals surface area contributed by atoms with Crippen LogP contribution < -0.4 is 5.32 Å². The number of benzene rings is 1. The zero-order valence-electron chi connectivity index (χ0n) is 12.9. The maximum atomic E-state index is 9.90. The zero-order chi connectivity index (χ0) is 15.0. The Labute approximate surface area is 127 Å². The Bertz CT molecular complexity index is 367. The maximum Gasteiger partial charge on any atom is 0.0945 e. The molecule has 0 aromatic heterocycles. The summed E-state index contributed by atoms with van der Waals surface area (Å²) in [6.07, 6.45) is 2.80. The Morgan fingerprint density at radius 1 is 1.20 bits per heavy atom. The molecule has 0 amide bonds. The molecule has 114 valence electrons. The number of aliphatic hydroxyl groups is 1. The van der Waals surface area contributed by atoms with Gasteiger partial charge in [-0.2, -0.15) is 0 Å². The smallest absolute Gasteiger partial charge is 0.0945 e. The van der Waals surface area contributed by atoms with Crippen LogP contribution in [0.2, 0.25) is 0 Å². The lowest BCUT2D eigenvalue weighted by molar-refractivity contribution is -0.00443. The van der Waals surface area contributed by atoms with Gasteiger partial charge in [-0.15, -0.1) is 11.8 Å². The summed E-state index contributed by atoms with van der Waals surface area (Å²) in [6, 6.07) is 8.20. The first-order valence-electron chi connectivity index (χ1n) is 7.18. The summed E-state index contributed by atoms with van der Waals surface area (Å²) >= 11 is 1.72. The molecule has 1 rings (SSSR count). The third kappa shape index (κ3) is 7.17. The topological polar surface area (TPSA) is 41.5 Å². The van der Waals surface area contributed by atoms with Crippen LogP contribution in [0.15, 0.2) is 29.2 Å². The second kappa shape index (κ2) is 9.27. The highest BCUT2D eigenvalue weighted by Crippen LogP contribution is 2.17. The number of hydrogen-bond donors (Lipinski definition) is 2. The largest absolute Gasteiger partial charge is 0.389 e. The van der Waals surface area contributed by atoms with Gasteiger partial charge in [-0.25, -0.2) is 0 Å². The van der Waals surface area contributed by atoms with Crippen LogP contribution >= 0.6 is 11.8 Å². The minimum Gasteiger partial charge on any atom is -0.389 e. The molecule has 20 heavy (non-hydrogen) atoms. The van der Waals surface area contributed by atoms with Gasteiger partial charge < -0.3 is 15.2 Å². The molecular formula is C16H27NO2S. The number of hydrogen-bond acceptors (Lipinski definition) is 4. The van der Waals surface area contributed by atoms with E-state index < -0.39 is 6.10 Å². The fourth-order valence-corrected chi connectivity index (χ4v) is 2.42. The van der Waals surface area contributed by atoms with E-state index in [0.29, 0.717) is 19.1 Å². The monoisotopic (exact) mass is 297 g/mol. The van der Waals surface area contributed by atoms with Crippen molar-refractivity contribution in [2.45, 2.75) is 44.3 Å². The van der Waals surface area contributed by atoms with E-state index in [4.69, 9.17) is 4.74 Å². The van der Waals surface area contributed by atoms with Gasteiger partial charge in [0.05, 0.1) is 18.8 Å². The average Bonchev–Trinajstić information content (AvgIpc) is 2.42. The number of thioether (sulfide) groups is 1. The van der Waals surface area contributed by atoms with Crippen LogP contribution in [0, 0.1) is 5.92 Å². The normalized spacial score (nSPS) is 14.3. The lowest BCUT2D eigenvalue weighted by Crippen LogP contribution is -2.27. The first-order chi connectivity index (χ1) is 9.51. The standard InChI is InChI=1S/C16H27NO2S/c1-12(2)9-13(3)19-11-15(18)10-17-14-5-7-16(20-4)8-6-14/h5-8,12-13,15,17-18H,9-11H2,1-4H3. The predicted octanol–water partition coefficient (Wildman–Crippen LogP) is 3.63. The van der Waals surface area contributed by atoms with Gasteiger partial charge in [0.15, 0.2) is 0 Å². The molecule has 0 spiro atoms. The highest BCUT2D eigenvalue weighted by molar-refractivity contribution is 7.98. The molecule has 3 nitrogen and oxygen atoms in total. The van der Waals surface area contributed by atoms with E-state index in [9.17, 15) is 5.11 Å². The van der Waals surface area contributed by atoms with Crippen LogP contribution in [0.25, 0.3) is 0 Å². The summed E-state index contributed by atoms with van der Waals surface area (Å²) in [5, 5.41) is 13.1. The highest BCUT2D eigenvalue weighted by Gasteiger charge is 2.09. The van der Waals surface area contributed by atoms with Crippen molar-refractivity contribution in [3.63, 3.8) is 0 Å². The van der Waals surface area contributed by atoms with Gasteiger partial charge in [0.25, 0.3) is 0 Å². The van der Waals surface area contributed by atoms with Crippen LogP contribution in [0.1, 0.15) is 27.2 Å². The highest BCUT2D eigenvalue weighted by atomic mass is 32.2. The molecule has 0 aliphatic carbocycles. The zero-order valence-corrected chi connectivity index (χ0v) is 13.7. The van der Waals surface area contributed by atoms with E-state index >= 15 is 0 Å². The molecule has 0 heterocycles. The number of anilines is 1. The molecule has 2 unspecified atom stereocenters. The molecule has 0 radical (unpaired) electrons. The Kier molecular flexibility index (Phi) is 8.04. The third-order valence-electron chi connectivity index (χ3n) is 3.01. The van der Waals surface area contributed by atoms with Crippen molar-refractivity contribution in [3.05, 3.63) is 24.3 Å². The summed E-state index contributed by atoms with van der Waals surface area (Å²) in [5.74, 6) is 0.621. The molecule has 4 heteroatoms. The van der Waals surface area contributed by atoms with Crippen molar-refractivity contribution in [1.82, 2.24) is 0 Å². The van der Waals surface area contributed by atoms with Crippen molar-refractivity contribution < 1.29 is 9.84 Å². The molecule has 0 fully saturated rings. The fourth-order valence-electron chi connectivity index (χ4n) is 2.01. The van der Waals surface area contributed by atoms with Crippen LogP contribution in [0.5, 0.6) is 0 Å². The number of ether oxygens (including phenoxy) is 1. The Hall–Kier alpha value is -0.710. The summed E-state index contributed by atoms with van der Waals surface area (Å²) in [5.41, 5.74) is 1.03. The number of rotatable bonds is 9. The van der Waals surface area contributed by atoms with E-state index in [2.05, 4.69) is 44.5 Å². The molecule has 2 atom stereocenters. The van der Waals surface area contributed by atoms with E-state index in [0.717, 1.165) is 12.1 Å². The van der Waals surface area contributed by atoms with E-state index in [1.807, 2.05) is 12.1 Å². The SMILES string of the molecule is CSc1ccc(NCC(O)COC(C)CC(C)C)cc1. The average molecular weight is 297 g/mol. The summed E-state index contributed by atoms with van der Waals surface area (Å²) < 4.78 is 5.65. The van der Waals surface area contributed by atoms with Crippen LogP contribution in [0.4, 0.5) is 5.69 Å². The summed E-state index contributed by atoms with van der Waals surface area (Å²) in [6.45, 7) is 7.30. The van der Waals surface area contributed by atoms with Gasteiger partial charge in [0, 0.05) is 17.1 Å². The third-order valence-corrected chi connectivity index (χ3v) is 3.75. The molecule has 0 aliphatic rings. The van der Waals surface area contributed by atoms with Gasteiger partial charge in [0.2, 0.25) is 0 Å². The lowest BCUT2D eigenvalue weighted by Gasteiger charge is -2.18. The van der Waals surface area contributed by atoms with Gasteiger partial charge in [-0.05, 0) is 49.8 Å². The second-order valence-corrected chi connectivity index (χ2v) is 6.42. The molecule has 1 aromatic carbocycles. The Balaban J connectivity index is 2.23. The summed E-state index contributed by atoms with van der Waals surface area (Å²) in [4.78, 5) is 1.24. The molecule has 0 saturated heterocycles. The van der Waals surface area contributed by atoms with Crippen molar-refractivity contribution in [2.24, 2.45) is 5.92 Å². The molecule has 2 N–H and O–H groups in total. The van der Waals surface area contributed by atoms with E-state index in [1.54, 1.807) is 11.8 Å². The molecular weight excluding hydrogens is 270 g/mol.